The van der Waals surface area contributed by atoms with Crippen LogP contribution in [0.5, 0.6) is 0 Å². The Hall–Kier alpha value is -1.23. The molecule has 1 aliphatic rings. The normalized spacial score (nSPS) is 21.1. The summed E-state index contributed by atoms with van der Waals surface area (Å²) in [6, 6.07) is 5.08. The van der Waals surface area contributed by atoms with Gasteiger partial charge >= 0.3 is 6.09 Å². The number of aliphatic imine (C=N–C) groups is 1. The third-order valence-electron chi connectivity index (χ3n) is 5.09. The van der Waals surface area contributed by atoms with E-state index in [-0.39, 0.29) is 10.6 Å². The second-order valence-corrected chi connectivity index (χ2v) is 17.4. The largest absolute Gasteiger partial charge is 0.410 e. The zero-order valence-electron chi connectivity index (χ0n) is 19.3. The fourth-order valence-corrected chi connectivity index (χ4v) is 5.48. The summed E-state index contributed by atoms with van der Waals surface area (Å²) in [4.78, 5) is 16.6. The van der Waals surface area contributed by atoms with Gasteiger partial charge in [0, 0.05) is 30.1 Å². The number of nitrogens with zero attached hydrogens (tertiary/aromatic N) is 1. The van der Waals surface area contributed by atoms with Gasteiger partial charge in [-0.3, -0.25) is 4.99 Å². The molecule has 0 spiro atoms. The minimum atomic E-state index is -1.67. The summed E-state index contributed by atoms with van der Waals surface area (Å²) in [6.07, 6.45) is 0.469. The smallest absolute Gasteiger partial charge is 0.407 e. The Morgan fingerprint density at radius 1 is 1.31 bits per heavy atom. The van der Waals surface area contributed by atoms with E-state index < -0.39 is 43.4 Å². The van der Waals surface area contributed by atoms with Crippen LogP contribution in [0.25, 0.3) is 0 Å². The molecule has 2 unspecified atom stereocenters. The molecule has 0 aliphatic carbocycles. The molecule has 32 heavy (non-hydrogen) atoms. The molecule has 0 saturated heterocycles. The molecule has 2 rings (SSSR count). The predicted octanol–water partition coefficient (Wildman–Crippen LogP) is 6.60. The molecule has 1 amide bonds. The fourth-order valence-electron chi connectivity index (χ4n) is 3.20. The van der Waals surface area contributed by atoms with Crippen molar-refractivity contribution in [1.29, 1.82) is 0 Å². The lowest BCUT2D eigenvalue weighted by Crippen LogP contribution is -2.56. The number of thioether (sulfide) groups is 1. The molecule has 1 aliphatic heterocycles. The Morgan fingerprint density at radius 2 is 1.97 bits per heavy atom. The van der Waals surface area contributed by atoms with Crippen molar-refractivity contribution in [1.82, 2.24) is 0 Å². The number of nitrogens with two attached hydrogens (primary N) is 1. The third kappa shape index (κ3) is 6.01. The van der Waals surface area contributed by atoms with Crippen LogP contribution in [0.15, 0.2) is 39.1 Å². The summed E-state index contributed by atoms with van der Waals surface area (Å²) in [5.41, 5.74) is 3.06. The number of alkyl halides is 1. The van der Waals surface area contributed by atoms with Gasteiger partial charge in [-0.2, -0.15) is 0 Å². The number of carbonyl (C=O) groups is 1. The van der Waals surface area contributed by atoms with Crippen LogP contribution < -0.4 is 5.73 Å². The van der Waals surface area contributed by atoms with Crippen LogP contribution in [-0.4, -0.2) is 38.3 Å². The van der Waals surface area contributed by atoms with Gasteiger partial charge in [0.05, 0.1) is 0 Å². The Bertz CT molecular complexity index is 917. The van der Waals surface area contributed by atoms with Crippen molar-refractivity contribution in [3.8, 4) is 0 Å². The molecule has 1 aromatic carbocycles. The van der Waals surface area contributed by atoms with Gasteiger partial charge in [-0.25, -0.2) is 13.6 Å². The summed E-state index contributed by atoms with van der Waals surface area (Å²) in [6.45, 7) is 11.4. The average molecular weight is 550 g/mol. The number of rotatable bonds is 8. The Balaban J connectivity index is 2.66. The van der Waals surface area contributed by atoms with E-state index in [0.29, 0.717) is 11.1 Å². The van der Waals surface area contributed by atoms with Crippen LogP contribution in [-0.2, 0) is 15.0 Å². The quantitative estimate of drug-likeness (QED) is 0.293. The van der Waals surface area contributed by atoms with Crippen molar-refractivity contribution < 1.29 is 23.0 Å². The van der Waals surface area contributed by atoms with Gasteiger partial charge < -0.3 is 15.2 Å². The first-order chi connectivity index (χ1) is 14.7. The number of benzene rings is 1. The maximum Gasteiger partial charge on any atom is 0.407 e. The van der Waals surface area contributed by atoms with Crippen LogP contribution in [0, 0.1) is 11.2 Å². The van der Waals surface area contributed by atoms with E-state index in [1.165, 1.54) is 24.3 Å². The maximum absolute atomic E-state index is 14.8. The van der Waals surface area contributed by atoms with E-state index >= 15 is 0 Å². The van der Waals surface area contributed by atoms with Crippen LogP contribution in [0.4, 0.5) is 13.6 Å². The van der Waals surface area contributed by atoms with Crippen LogP contribution in [0.1, 0.15) is 26.3 Å². The second kappa shape index (κ2) is 9.95. The molecule has 0 aromatic heterocycles. The van der Waals surface area contributed by atoms with Gasteiger partial charge in [-0.15, -0.1) is 0 Å². The van der Waals surface area contributed by atoms with Crippen LogP contribution in [0.3, 0.4) is 0 Å². The summed E-state index contributed by atoms with van der Waals surface area (Å²) in [7, 11) is -1.48. The number of hydrogen-bond donors (Lipinski definition) is 1. The Morgan fingerprint density at radius 3 is 2.50 bits per heavy atom. The Kier molecular flexibility index (Phi) is 8.40. The standard InChI is InChI=1S/C22H31BrF2N2O3SSi/c1-20(2,3)22(30-19(26)28,29-10-12-32(4,5)6)18-27-21(14-24,9-11-31-18)16-13-15(23)7-8-17(16)25/h7-9,11,13H,10,12,14H2,1-6H3,(H2,26,28). The monoisotopic (exact) mass is 548 g/mol. The highest BCUT2D eigenvalue weighted by Crippen LogP contribution is 2.45. The van der Waals surface area contributed by atoms with E-state index in [2.05, 4.69) is 40.6 Å². The summed E-state index contributed by atoms with van der Waals surface area (Å²) in [5, 5.41) is 1.83. The first-order valence-corrected chi connectivity index (χ1v) is 15.6. The van der Waals surface area contributed by atoms with Gasteiger partial charge in [0.15, 0.2) is 0 Å². The van der Waals surface area contributed by atoms with Crippen molar-refractivity contribution in [2.24, 2.45) is 16.1 Å². The minimum Gasteiger partial charge on any atom is -0.410 e. The van der Waals surface area contributed by atoms with E-state index in [4.69, 9.17) is 15.2 Å². The summed E-state index contributed by atoms with van der Waals surface area (Å²) >= 11 is 4.46. The first kappa shape index (κ1) is 27.0. The molecule has 0 bridgehead atoms. The van der Waals surface area contributed by atoms with Crippen molar-refractivity contribution in [2.45, 2.75) is 57.8 Å². The molecule has 0 radical (unpaired) electrons. The average Bonchev–Trinajstić information content (AvgIpc) is 2.66. The number of carbonyl (C=O) groups excluding carboxylic acids is 1. The molecule has 0 fully saturated rings. The lowest BCUT2D eigenvalue weighted by molar-refractivity contribution is -0.202. The minimum absolute atomic E-state index is 0.0624. The number of amides is 1. The molecule has 2 atom stereocenters. The zero-order chi connectivity index (χ0) is 24.4. The molecule has 5 nitrogen and oxygen atoms in total. The lowest BCUT2D eigenvalue weighted by Gasteiger charge is -2.44. The molecule has 2 N–H and O–H groups in total. The van der Waals surface area contributed by atoms with Crippen molar-refractivity contribution in [2.75, 3.05) is 13.3 Å². The zero-order valence-corrected chi connectivity index (χ0v) is 22.7. The van der Waals surface area contributed by atoms with Crippen LogP contribution in [0.2, 0.25) is 25.7 Å². The Labute approximate surface area is 202 Å². The highest BCUT2D eigenvalue weighted by Gasteiger charge is 2.54. The van der Waals surface area contributed by atoms with E-state index in [9.17, 15) is 13.6 Å². The number of hydrogen-bond acceptors (Lipinski definition) is 5. The molecular weight excluding hydrogens is 518 g/mol. The number of ether oxygens (including phenoxy) is 2. The molecule has 178 valence electrons. The topological polar surface area (TPSA) is 73.9 Å². The maximum atomic E-state index is 14.8. The molecule has 0 saturated carbocycles. The molecule has 1 aromatic rings. The van der Waals surface area contributed by atoms with Crippen LogP contribution >= 0.6 is 27.7 Å². The van der Waals surface area contributed by atoms with Gasteiger partial charge in [0.2, 0.25) is 0 Å². The third-order valence-corrected chi connectivity index (χ3v) is 8.15. The van der Waals surface area contributed by atoms with E-state index in [0.717, 1.165) is 17.8 Å². The molecule has 10 heteroatoms. The molecular formula is C22H31BrF2N2O3SSi. The van der Waals surface area contributed by atoms with Gasteiger partial charge in [-0.05, 0) is 35.7 Å². The SMILES string of the molecule is CC(C)(C)C(OCC[Si](C)(C)C)(OC(N)=O)C1=NC(CF)(c2cc(Br)ccc2F)C=CS1. The second-order valence-electron chi connectivity index (χ2n) is 9.97. The highest BCUT2D eigenvalue weighted by molar-refractivity contribution is 9.10. The van der Waals surface area contributed by atoms with E-state index in [1.54, 1.807) is 5.41 Å². The fraction of sp³-hybridized carbons (Fsp3) is 0.545. The first-order valence-electron chi connectivity index (χ1n) is 10.2. The summed E-state index contributed by atoms with van der Waals surface area (Å²) < 4.78 is 41.7. The number of primary amides is 1. The molecule has 1 heterocycles. The van der Waals surface area contributed by atoms with Gasteiger partial charge in [0.1, 0.15) is 23.1 Å². The predicted molar refractivity (Wildman–Crippen MR) is 133 cm³/mol. The lowest BCUT2D eigenvalue weighted by atomic mass is 9.84. The summed E-state index contributed by atoms with van der Waals surface area (Å²) in [5.74, 6) is -2.26. The van der Waals surface area contributed by atoms with Crippen molar-refractivity contribution in [3.05, 3.63) is 45.5 Å². The van der Waals surface area contributed by atoms with Gasteiger partial charge in [0.25, 0.3) is 5.79 Å². The van der Waals surface area contributed by atoms with Gasteiger partial charge in [-0.1, -0.05) is 68.1 Å². The van der Waals surface area contributed by atoms with Crippen molar-refractivity contribution in [3.63, 3.8) is 0 Å². The van der Waals surface area contributed by atoms with E-state index in [1.807, 2.05) is 20.8 Å². The highest BCUT2D eigenvalue weighted by atomic mass is 79.9. The number of halogens is 3. The van der Waals surface area contributed by atoms with Crippen molar-refractivity contribution >= 4 is 46.9 Å².